The van der Waals surface area contributed by atoms with E-state index in [-0.39, 0.29) is 30.5 Å². The highest BCUT2D eigenvalue weighted by Crippen LogP contribution is 2.33. The molecule has 2 aromatic heterocycles. The highest BCUT2D eigenvalue weighted by atomic mass is 19.4. The van der Waals surface area contributed by atoms with Crippen LogP contribution in [0, 0.1) is 0 Å². The Hall–Kier alpha value is -3.73. The molecule has 1 aromatic carbocycles. The van der Waals surface area contributed by atoms with Crippen molar-refractivity contribution in [2.75, 3.05) is 23.9 Å². The van der Waals surface area contributed by atoms with Crippen LogP contribution in [0.4, 0.5) is 24.5 Å². The minimum atomic E-state index is -4.47. The summed E-state index contributed by atoms with van der Waals surface area (Å²) in [4.78, 5) is 31.7. The van der Waals surface area contributed by atoms with E-state index in [2.05, 4.69) is 15.4 Å². The monoisotopic (exact) mass is 459 g/mol. The topological polar surface area (TPSA) is 89.3 Å². The lowest BCUT2D eigenvalue weighted by atomic mass is 10.1. The summed E-state index contributed by atoms with van der Waals surface area (Å²) in [6, 6.07) is 7.29. The first-order chi connectivity index (χ1) is 15.7. The van der Waals surface area contributed by atoms with Gasteiger partial charge >= 0.3 is 6.18 Å². The van der Waals surface area contributed by atoms with E-state index in [4.69, 9.17) is 4.74 Å². The van der Waals surface area contributed by atoms with E-state index in [0.29, 0.717) is 17.1 Å². The van der Waals surface area contributed by atoms with Crippen molar-refractivity contribution in [3.63, 3.8) is 0 Å². The Labute approximate surface area is 187 Å². The number of carbonyl (C=O) groups excluding carboxylic acids is 2. The summed E-state index contributed by atoms with van der Waals surface area (Å²) in [5.41, 5.74) is 0.713. The minimum absolute atomic E-state index is 0.0635. The molecule has 1 aliphatic rings. The molecule has 0 radical (unpaired) electrons. The third kappa shape index (κ3) is 4.44. The zero-order chi connectivity index (χ0) is 23.8. The molecule has 4 rings (SSSR count). The van der Waals surface area contributed by atoms with Crippen LogP contribution >= 0.6 is 0 Å². The predicted molar refractivity (Wildman–Crippen MR) is 113 cm³/mol. The van der Waals surface area contributed by atoms with Gasteiger partial charge in [-0.15, -0.1) is 0 Å². The van der Waals surface area contributed by atoms with Crippen LogP contribution in [0.1, 0.15) is 45.1 Å². The molecule has 11 heteroatoms. The van der Waals surface area contributed by atoms with Crippen LogP contribution in [0.25, 0.3) is 0 Å². The number of aromatic nitrogens is 3. The quantitative estimate of drug-likeness (QED) is 0.625. The molecule has 1 atom stereocenters. The molecule has 0 unspecified atom stereocenters. The fourth-order valence-corrected chi connectivity index (χ4v) is 3.66. The van der Waals surface area contributed by atoms with Crippen LogP contribution in [-0.4, -0.2) is 40.2 Å². The van der Waals surface area contributed by atoms with E-state index >= 15 is 0 Å². The number of nitrogens with zero attached hydrogens (tertiary/aromatic N) is 4. The summed E-state index contributed by atoms with van der Waals surface area (Å²) in [6.45, 7) is 2.28. The average molecular weight is 459 g/mol. The second-order valence-corrected chi connectivity index (χ2v) is 7.58. The largest absolute Gasteiger partial charge is 0.416 e. The van der Waals surface area contributed by atoms with Crippen molar-refractivity contribution in [1.82, 2.24) is 14.8 Å². The molecule has 0 spiro atoms. The molecule has 0 saturated carbocycles. The minimum Gasteiger partial charge on any atom is -0.378 e. The van der Waals surface area contributed by atoms with Gasteiger partial charge in [-0.25, -0.2) is 0 Å². The van der Waals surface area contributed by atoms with Gasteiger partial charge in [0.15, 0.2) is 0 Å². The number of carbonyl (C=O) groups is 2. The number of anilines is 2. The molecule has 0 aliphatic carbocycles. The van der Waals surface area contributed by atoms with Gasteiger partial charge in [-0.3, -0.25) is 19.3 Å². The molecule has 172 valence electrons. The molecule has 3 heterocycles. The van der Waals surface area contributed by atoms with Gasteiger partial charge in [-0.05, 0) is 43.3 Å². The number of ether oxygens (including phenoxy) is 1. The summed E-state index contributed by atoms with van der Waals surface area (Å²) in [7, 11) is 1.53. The van der Waals surface area contributed by atoms with Crippen LogP contribution in [-0.2, 0) is 17.5 Å². The lowest BCUT2D eigenvalue weighted by molar-refractivity contribution is -0.137. The molecule has 0 saturated heterocycles. The standard InChI is InChI=1S/C22H20F3N5O3/c1-13-11-29(17-5-3-14(4-6-17)22(23,24)25)21(32)19-18(10-27-30(13)19)20(31)28-15-7-8-26-16(9-15)12-33-2/h3-10,13H,11-12H2,1-2H3,(H,26,28,31)/t13-/m0/s1. The first kappa shape index (κ1) is 22.5. The van der Waals surface area contributed by atoms with Gasteiger partial charge in [0, 0.05) is 31.2 Å². The number of hydrogen-bond donors (Lipinski definition) is 1. The number of methoxy groups -OCH3 is 1. The van der Waals surface area contributed by atoms with E-state index in [9.17, 15) is 22.8 Å². The lowest BCUT2D eigenvalue weighted by Crippen LogP contribution is -2.43. The predicted octanol–water partition coefficient (Wildman–Crippen LogP) is 3.92. The molecule has 3 aromatic rings. The molecule has 1 N–H and O–H groups in total. The third-order valence-electron chi connectivity index (χ3n) is 5.23. The Bertz CT molecular complexity index is 1190. The second kappa shape index (κ2) is 8.66. The summed E-state index contributed by atoms with van der Waals surface area (Å²) >= 11 is 0. The van der Waals surface area contributed by atoms with Crippen molar-refractivity contribution in [3.8, 4) is 0 Å². The summed E-state index contributed by atoms with van der Waals surface area (Å²) in [5, 5.41) is 6.92. The zero-order valence-corrected chi connectivity index (χ0v) is 17.8. The number of halogens is 3. The molecule has 33 heavy (non-hydrogen) atoms. The number of fused-ring (bicyclic) bond motifs is 1. The number of rotatable bonds is 5. The smallest absolute Gasteiger partial charge is 0.378 e. The van der Waals surface area contributed by atoms with Gasteiger partial charge < -0.3 is 15.0 Å². The fourth-order valence-electron chi connectivity index (χ4n) is 3.66. The van der Waals surface area contributed by atoms with E-state index < -0.39 is 23.6 Å². The van der Waals surface area contributed by atoms with Crippen LogP contribution in [0.15, 0.2) is 48.8 Å². The zero-order valence-electron chi connectivity index (χ0n) is 17.8. The SMILES string of the molecule is COCc1cc(NC(=O)c2cnn3c2C(=O)N(c2ccc(C(F)(F)F)cc2)C[C@@H]3C)ccn1. The highest BCUT2D eigenvalue weighted by molar-refractivity contribution is 6.15. The summed E-state index contributed by atoms with van der Waals surface area (Å²) in [5.74, 6) is -1.06. The molecule has 0 fully saturated rings. The van der Waals surface area contributed by atoms with Crippen molar-refractivity contribution in [3.05, 3.63) is 71.3 Å². The Morgan fingerprint density at radius 1 is 1.24 bits per heavy atom. The van der Waals surface area contributed by atoms with Crippen molar-refractivity contribution < 1.29 is 27.5 Å². The summed E-state index contributed by atoms with van der Waals surface area (Å²) < 4.78 is 45.2. The molecular formula is C22H20F3N5O3. The normalized spacial score (nSPS) is 16.0. The number of nitrogens with one attached hydrogen (secondary N) is 1. The number of hydrogen-bond acceptors (Lipinski definition) is 5. The van der Waals surface area contributed by atoms with Crippen LogP contribution in [0.3, 0.4) is 0 Å². The number of pyridine rings is 1. The van der Waals surface area contributed by atoms with Gasteiger partial charge in [0.2, 0.25) is 0 Å². The van der Waals surface area contributed by atoms with Gasteiger partial charge in [0.1, 0.15) is 5.69 Å². The highest BCUT2D eigenvalue weighted by Gasteiger charge is 2.36. The number of alkyl halides is 3. The van der Waals surface area contributed by atoms with Gasteiger partial charge in [0.05, 0.1) is 35.7 Å². The molecule has 2 amide bonds. The maximum atomic E-state index is 13.3. The first-order valence-corrected chi connectivity index (χ1v) is 10.0. The van der Waals surface area contributed by atoms with Gasteiger partial charge in [-0.1, -0.05) is 0 Å². The van der Waals surface area contributed by atoms with Crippen molar-refractivity contribution in [1.29, 1.82) is 0 Å². The maximum Gasteiger partial charge on any atom is 0.416 e. The van der Waals surface area contributed by atoms with Crippen molar-refractivity contribution >= 4 is 23.2 Å². The van der Waals surface area contributed by atoms with E-state index in [0.717, 1.165) is 12.1 Å². The second-order valence-electron chi connectivity index (χ2n) is 7.58. The third-order valence-corrected chi connectivity index (χ3v) is 5.23. The fraction of sp³-hybridized carbons (Fsp3) is 0.273. The van der Waals surface area contributed by atoms with E-state index in [1.165, 1.54) is 41.2 Å². The van der Waals surface area contributed by atoms with Crippen LogP contribution in [0.2, 0.25) is 0 Å². The van der Waals surface area contributed by atoms with Crippen LogP contribution in [0.5, 0.6) is 0 Å². The Morgan fingerprint density at radius 2 is 1.97 bits per heavy atom. The molecule has 0 bridgehead atoms. The molecular weight excluding hydrogens is 439 g/mol. The summed E-state index contributed by atoms with van der Waals surface area (Å²) in [6.07, 6.45) is -1.64. The molecule has 1 aliphatic heterocycles. The van der Waals surface area contributed by atoms with E-state index in [1.807, 2.05) is 6.92 Å². The average Bonchev–Trinajstić information content (AvgIpc) is 3.23. The van der Waals surface area contributed by atoms with Crippen LogP contribution < -0.4 is 10.2 Å². The van der Waals surface area contributed by atoms with E-state index in [1.54, 1.807) is 12.1 Å². The number of benzene rings is 1. The Balaban J connectivity index is 1.61. The lowest BCUT2D eigenvalue weighted by Gasteiger charge is -2.32. The Kier molecular flexibility index (Phi) is 5.90. The number of amides is 2. The van der Waals surface area contributed by atoms with Gasteiger partial charge in [0.25, 0.3) is 11.8 Å². The van der Waals surface area contributed by atoms with Crippen molar-refractivity contribution in [2.24, 2.45) is 0 Å². The molecule has 8 nitrogen and oxygen atoms in total. The van der Waals surface area contributed by atoms with Gasteiger partial charge in [-0.2, -0.15) is 18.3 Å². The van der Waals surface area contributed by atoms with Crippen molar-refractivity contribution in [2.45, 2.75) is 25.7 Å². The maximum absolute atomic E-state index is 13.3. The first-order valence-electron chi connectivity index (χ1n) is 10.0. The Morgan fingerprint density at radius 3 is 2.64 bits per heavy atom.